The molecule has 5 nitrogen and oxygen atoms in total. The van der Waals surface area contributed by atoms with Crippen molar-refractivity contribution in [3.05, 3.63) is 45.1 Å². The van der Waals surface area contributed by atoms with Crippen LogP contribution in [0.5, 0.6) is 0 Å². The number of imidazole rings is 1. The highest BCUT2D eigenvalue weighted by atomic mass is 35.5. The van der Waals surface area contributed by atoms with Gasteiger partial charge in [-0.15, -0.1) is 11.3 Å². The molecule has 1 atom stereocenters. The summed E-state index contributed by atoms with van der Waals surface area (Å²) in [4.78, 5) is 26.1. The number of carbonyl (C=O) groups is 1. The van der Waals surface area contributed by atoms with Crippen molar-refractivity contribution in [2.45, 2.75) is 32.7 Å². The lowest BCUT2D eigenvalue weighted by Gasteiger charge is -2.16. The number of H-pyrrole nitrogens is 1. The van der Waals surface area contributed by atoms with Gasteiger partial charge in [-0.05, 0) is 42.9 Å². The molecule has 0 aliphatic carbocycles. The standard InChI is InChI=1S/C19H23ClN4OS2/c1-11(2)10-15-16(24-19(20)27-15)18(25)23-14(8-9-26-3)17-21-12-6-4-5-7-13(12)22-17/h4-7,11,14H,8-10H2,1-3H3,(H,21,22)(H,23,25). The predicted octanol–water partition coefficient (Wildman–Crippen LogP) is 5.10. The summed E-state index contributed by atoms with van der Waals surface area (Å²) in [5.41, 5.74) is 2.30. The number of hydrogen-bond donors (Lipinski definition) is 2. The second-order valence-electron chi connectivity index (χ2n) is 6.78. The molecule has 2 N–H and O–H groups in total. The van der Waals surface area contributed by atoms with E-state index in [1.807, 2.05) is 24.3 Å². The predicted molar refractivity (Wildman–Crippen MR) is 115 cm³/mol. The Morgan fingerprint density at radius 2 is 2.11 bits per heavy atom. The maximum Gasteiger partial charge on any atom is 0.271 e. The number of halogens is 1. The molecule has 0 spiro atoms. The molecule has 1 unspecified atom stereocenters. The van der Waals surface area contributed by atoms with Crippen LogP contribution in [0.4, 0.5) is 0 Å². The molecular formula is C19H23ClN4OS2. The monoisotopic (exact) mass is 422 g/mol. The summed E-state index contributed by atoms with van der Waals surface area (Å²) in [7, 11) is 0. The van der Waals surface area contributed by atoms with Crippen LogP contribution in [-0.2, 0) is 6.42 Å². The SMILES string of the molecule is CSCCC(NC(=O)c1nc(Cl)sc1CC(C)C)c1nc2ccccc2[nH]1. The van der Waals surface area contributed by atoms with Crippen LogP contribution in [0.3, 0.4) is 0 Å². The summed E-state index contributed by atoms with van der Waals surface area (Å²) in [6.45, 7) is 4.23. The summed E-state index contributed by atoms with van der Waals surface area (Å²) < 4.78 is 0.403. The van der Waals surface area contributed by atoms with Gasteiger partial charge in [0.1, 0.15) is 11.5 Å². The summed E-state index contributed by atoms with van der Waals surface area (Å²) in [6.07, 6.45) is 3.62. The van der Waals surface area contributed by atoms with Gasteiger partial charge in [0.05, 0.1) is 17.1 Å². The van der Waals surface area contributed by atoms with Crippen LogP contribution in [0, 0.1) is 5.92 Å². The molecule has 27 heavy (non-hydrogen) atoms. The van der Waals surface area contributed by atoms with Crippen LogP contribution in [0.15, 0.2) is 24.3 Å². The first-order valence-electron chi connectivity index (χ1n) is 8.87. The molecule has 144 valence electrons. The number of aromatic nitrogens is 3. The number of thiazole rings is 1. The maximum absolute atomic E-state index is 12.9. The van der Waals surface area contributed by atoms with E-state index in [2.05, 4.69) is 40.4 Å². The second kappa shape index (κ2) is 9.08. The number of carbonyl (C=O) groups excluding carboxylic acids is 1. The normalized spacial score (nSPS) is 12.6. The Morgan fingerprint density at radius 1 is 1.33 bits per heavy atom. The van der Waals surface area contributed by atoms with E-state index in [9.17, 15) is 4.79 Å². The van der Waals surface area contributed by atoms with Gasteiger partial charge in [0.25, 0.3) is 5.91 Å². The van der Waals surface area contributed by atoms with Gasteiger partial charge in [0, 0.05) is 4.88 Å². The van der Waals surface area contributed by atoms with Crippen LogP contribution in [0.1, 0.15) is 47.5 Å². The molecule has 2 aromatic heterocycles. The van der Waals surface area contributed by atoms with Crippen molar-refractivity contribution in [1.82, 2.24) is 20.3 Å². The van der Waals surface area contributed by atoms with Crippen molar-refractivity contribution in [2.24, 2.45) is 5.92 Å². The van der Waals surface area contributed by atoms with Gasteiger partial charge in [0.15, 0.2) is 4.47 Å². The Balaban J connectivity index is 1.85. The lowest BCUT2D eigenvalue weighted by molar-refractivity contribution is 0.0929. The molecule has 2 heterocycles. The number of nitrogens with one attached hydrogen (secondary N) is 2. The summed E-state index contributed by atoms with van der Waals surface area (Å²) in [5.74, 6) is 1.92. The van der Waals surface area contributed by atoms with Gasteiger partial charge < -0.3 is 10.3 Å². The number of para-hydroxylation sites is 2. The number of benzene rings is 1. The van der Waals surface area contributed by atoms with Gasteiger partial charge >= 0.3 is 0 Å². The zero-order valence-electron chi connectivity index (χ0n) is 15.6. The van der Waals surface area contributed by atoms with E-state index >= 15 is 0 Å². The number of nitrogens with zero attached hydrogens (tertiary/aromatic N) is 2. The highest BCUT2D eigenvalue weighted by Gasteiger charge is 2.23. The molecular weight excluding hydrogens is 400 g/mol. The van der Waals surface area contributed by atoms with E-state index in [1.54, 1.807) is 11.8 Å². The van der Waals surface area contributed by atoms with E-state index in [0.29, 0.717) is 16.1 Å². The maximum atomic E-state index is 12.9. The lowest BCUT2D eigenvalue weighted by atomic mass is 10.1. The molecule has 0 aliphatic heterocycles. The van der Waals surface area contributed by atoms with Gasteiger partial charge in [-0.2, -0.15) is 11.8 Å². The Bertz CT molecular complexity index is 888. The van der Waals surface area contributed by atoms with E-state index < -0.39 is 0 Å². The zero-order chi connectivity index (χ0) is 19.4. The third kappa shape index (κ3) is 5.03. The number of hydrogen-bond acceptors (Lipinski definition) is 5. The fourth-order valence-corrected chi connectivity index (χ4v) is 4.71. The first-order valence-corrected chi connectivity index (χ1v) is 11.5. The number of amides is 1. The minimum absolute atomic E-state index is 0.194. The molecule has 1 amide bonds. The van der Waals surface area contributed by atoms with Crippen molar-refractivity contribution >= 4 is 51.6 Å². The number of fused-ring (bicyclic) bond motifs is 1. The zero-order valence-corrected chi connectivity index (χ0v) is 18.0. The molecule has 0 bridgehead atoms. The summed E-state index contributed by atoms with van der Waals surface area (Å²) >= 11 is 9.21. The number of thioether (sulfide) groups is 1. The molecule has 3 rings (SSSR count). The van der Waals surface area contributed by atoms with Gasteiger partial charge in [0.2, 0.25) is 0 Å². The molecule has 0 aliphatic rings. The third-order valence-corrected chi connectivity index (χ3v) is 5.96. The quantitative estimate of drug-likeness (QED) is 0.530. The summed E-state index contributed by atoms with van der Waals surface area (Å²) in [5, 5.41) is 3.11. The molecule has 3 aromatic rings. The molecule has 8 heteroatoms. The molecule has 0 radical (unpaired) electrons. The third-order valence-electron chi connectivity index (χ3n) is 4.13. The highest BCUT2D eigenvalue weighted by Crippen LogP contribution is 2.27. The Labute approximate surface area is 172 Å². The summed E-state index contributed by atoms with van der Waals surface area (Å²) in [6, 6.07) is 7.67. The van der Waals surface area contributed by atoms with Crippen LogP contribution >= 0.6 is 34.7 Å². The fourth-order valence-electron chi connectivity index (χ4n) is 2.89. The number of rotatable bonds is 8. The number of aromatic amines is 1. The lowest BCUT2D eigenvalue weighted by Crippen LogP contribution is -2.30. The van der Waals surface area contributed by atoms with Crippen molar-refractivity contribution in [3.63, 3.8) is 0 Å². The van der Waals surface area contributed by atoms with Gasteiger partial charge in [-0.25, -0.2) is 9.97 Å². The average Bonchev–Trinajstić information content (AvgIpc) is 3.21. The van der Waals surface area contributed by atoms with E-state index in [4.69, 9.17) is 11.6 Å². The van der Waals surface area contributed by atoms with Crippen molar-refractivity contribution in [3.8, 4) is 0 Å². The molecule has 1 aromatic carbocycles. The molecule has 0 fully saturated rings. The van der Waals surface area contributed by atoms with Crippen LogP contribution < -0.4 is 5.32 Å². The topological polar surface area (TPSA) is 70.7 Å². The second-order valence-corrected chi connectivity index (χ2v) is 9.43. The van der Waals surface area contributed by atoms with Crippen LogP contribution in [0.2, 0.25) is 4.47 Å². The fraction of sp³-hybridized carbons (Fsp3) is 0.421. The van der Waals surface area contributed by atoms with E-state index in [-0.39, 0.29) is 11.9 Å². The van der Waals surface area contributed by atoms with Gasteiger partial charge in [-0.3, -0.25) is 4.79 Å². The first-order chi connectivity index (χ1) is 13.0. The highest BCUT2D eigenvalue weighted by molar-refractivity contribution is 7.98. The van der Waals surface area contributed by atoms with Crippen LogP contribution in [0.25, 0.3) is 11.0 Å². The molecule has 0 saturated heterocycles. The van der Waals surface area contributed by atoms with E-state index in [1.165, 1.54) is 11.3 Å². The smallest absolute Gasteiger partial charge is 0.271 e. The minimum atomic E-state index is -0.204. The first kappa shape index (κ1) is 20.2. The van der Waals surface area contributed by atoms with Gasteiger partial charge in [-0.1, -0.05) is 37.6 Å². The van der Waals surface area contributed by atoms with Crippen molar-refractivity contribution in [1.29, 1.82) is 0 Å². The molecule has 0 saturated carbocycles. The Morgan fingerprint density at radius 3 is 2.81 bits per heavy atom. The van der Waals surface area contributed by atoms with E-state index in [0.717, 1.165) is 40.3 Å². The minimum Gasteiger partial charge on any atom is -0.341 e. The van der Waals surface area contributed by atoms with Crippen LogP contribution in [-0.4, -0.2) is 32.9 Å². The average molecular weight is 423 g/mol. The van der Waals surface area contributed by atoms with Crippen molar-refractivity contribution in [2.75, 3.05) is 12.0 Å². The van der Waals surface area contributed by atoms with Crippen molar-refractivity contribution < 1.29 is 4.79 Å². The Hall–Kier alpha value is -1.57. The Kier molecular flexibility index (Phi) is 6.78. The largest absolute Gasteiger partial charge is 0.341 e.